The van der Waals surface area contributed by atoms with Crippen LogP contribution in [0.3, 0.4) is 0 Å². The highest BCUT2D eigenvalue weighted by molar-refractivity contribution is 7.22. The Balaban J connectivity index is 1.69. The first-order valence-electron chi connectivity index (χ1n) is 10.2. The van der Waals surface area contributed by atoms with Crippen molar-refractivity contribution in [3.8, 4) is 16.2 Å². The van der Waals surface area contributed by atoms with E-state index < -0.39 is 17.5 Å². The molecule has 32 heavy (non-hydrogen) atoms. The topological polar surface area (TPSA) is 61.8 Å². The number of carbonyl (C=O) groups is 2. The molecular formula is C25H24O5S2. The summed E-state index contributed by atoms with van der Waals surface area (Å²) in [5.41, 5.74) is 2.94. The zero-order valence-electron chi connectivity index (χ0n) is 18.4. The summed E-state index contributed by atoms with van der Waals surface area (Å²) in [5.74, 6) is -0.591. The molecule has 1 aliphatic carbocycles. The molecule has 0 saturated carbocycles. The summed E-state index contributed by atoms with van der Waals surface area (Å²) in [6.07, 6.45) is 0.849. The number of fused-ring (bicyclic) bond motifs is 3. The van der Waals surface area contributed by atoms with Crippen LogP contribution in [0.5, 0.6) is 5.75 Å². The lowest BCUT2D eigenvalue weighted by molar-refractivity contribution is -0.157. The van der Waals surface area contributed by atoms with E-state index in [-0.39, 0.29) is 6.61 Å². The van der Waals surface area contributed by atoms with E-state index >= 15 is 0 Å². The van der Waals surface area contributed by atoms with E-state index in [1.54, 1.807) is 32.1 Å². The van der Waals surface area contributed by atoms with E-state index in [9.17, 15) is 9.59 Å². The number of hydrogen-bond acceptors (Lipinski definition) is 7. The second-order valence-corrected chi connectivity index (χ2v) is 10.3. The maximum atomic E-state index is 12.4. The van der Waals surface area contributed by atoms with Crippen molar-refractivity contribution in [3.63, 3.8) is 0 Å². The first-order valence-corrected chi connectivity index (χ1v) is 11.9. The lowest BCUT2D eigenvalue weighted by Crippen LogP contribution is -2.27. The highest BCUT2D eigenvalue weighted by atomic mass is 32.1. The monoisotopic (exact) mass is 468 g/mol. The van der Waals surface area contributed by atoms with Gasteiger partial charge in [-0.1, -0.05) is 30.3 Å². The van der Waals surface area contributed by atoms with Gasteiger partial charge in [-0.15, -0.1) is 22.7 Å². The third-order valence-corrected chi connectivity index (χ3v) is 6.91. The van der Waals surface area contributed by atoms with Crippen LogP contribution in [0.15, 0.2) is 47.8 Å². The molecule has 4 rings (SSSR count). The van der Waals surface area contributed by atoms with Crippen molar-refractivity contribution in [3.05, 3.63) is 63.8 Å². The van der Waals surface area contributed by atoms with Crippen LogP contribution in [0.1, 0.15) is 41.6 Å². The zero-order valence-corrected chi connectivity index (χ0v) is 20.0. The van der Waals surface area contributed by atoms with Crippen LogP contribution in [-0.4, -0.2) is 31.3 Å². The first-order chi connectivity index (χ1) is 15.2. The van der Waals surface area contributed by atoms with Gasteiger partial charge in [0.2, 0.25) is 0 Å². The third kappa shape index (κ3) is 4.79. The van der Waals surface area contributed by atoms with Gasteiger partial charge in [0.1, 0.15) is 5.60 Å². The number of benzene rings is 1. The molecule has 0 radical (unpaired) electrons. The fourth-order valence-electron chi connectivity index (χ4n) is 3.49. The molecule has 2 aromatic rings. The summed E-state index contributed by atoms with van der Waals surface area (Å²) in [7, 11) is 1.33. The Morgan fingerprint density at radius 3 is 2.47 bits per heavy atom. The summed E-state index contributed by atoms with van der Waals surface area (Å²) < 4.78 is 17.1. The van der Waals surface area contributed by atoms with Gasteiger partial charge in [0.25, 0.3) is 0 Å². The Morgan fingerprint density at radius 1 is 1.03 bits per heavy atom. The molecule has 0 amide bonds. The third-order valence-electron chi connectivity index (χ3n) is 4.71. The van der Waals surface area contributed by atoms with Gasteiger partial charge >= 0.3 is 11.9 Å². The molecule has 0 saturated heterocycles. The minimum atomic E-state index is -0.611. The summed E-state index contributed by atoms with van der Waals surface area (Å²) in [6, 6.07) is 14.6. The number of rotatable bonds is 6. The van der Waals surface area contributed by atoms with Gasteiger partial charge < -0.3 is 14.2 Å². The van der Waals surface area contributed by atoms with E-state index in [1.165, 1.54) is 29.6 Å². The first kappa shape index (κ1) is 22.3. The molecule has 0 unspecified atom stereocenters. The highest BCUT2D eigenvalue weighted by Crippen LogP contribution is 2.49. The van der Waals surface area contributed by atoms with Gasteiger partial charge in [0.05, 0.1) is 12.5 Å². The van der Waals surface area contributed by atoms with E-state index in [1.807, 2.05) is 18.2 Å². The molecule has 166 valence electrons. The van der Waals surface area contributed by atoms with E-state index in [0.717, 1.165) is 26.9 Å². The molecule has 2 heterocycles. The average molecular weight is 469 g/mol. The Bertz CT molecular complexity index is 1230. The summed E-state index contributed by atoms with van der Waals surface area (Å²) in [6.45, 7) is 5.11. The predicted octanol–water partition coefficient (Wildman–Crippen LogP) is 6.17. The lowest BCUT2D eigenvalue weighted by atomic mass is 10.1. The number of carbonyl (C=O) groups excluding carboxylic acids is 2. The fourth-order valence-corrected chi connectivity index (χ4v) is 5.68. The zero-order chi connectivity index (χ0) is 22.9. The summed E-state index contributed by atoms with van der Waals surface area (Å²) in [5, 5.41) is 2.97. The van der Waals surface area contributed by atoms with Crippen molar-refractivity contribution in [1.29, 1.82) is 0 Å². The van der Waals surface area contributed by atoms with Crippen LogP contribution < -0.4 is 4.74 Å². The number of thiophene rings is 1. The normalized spacial score (nSPS) is 11.6. The molecule has 1 aromatic heterocycles. The molecule has 0 fully saturated rings. The van der Waals surface area contributed by atoms with E-state index in [4.69, 9.17) is 14.2 Å². The van der Waals surface area contributed by atoms with Crippen LogP contribution in [0, 0.1) is 0 Å². The Hall–Kier alpha value is -2.90. The minimum Gasteiger partial charge on any atom is -0.479 e. The Labute approximate surface area is 194 Å². The molecule has 0 spiro atoms. The molecule has 0 N–H and O–H groups in total. The van der Waals surface area contributed by atoms with E-state index in [2.05, 4.69) is 29.6 Å². The number of esters is 2. The second-order valence-electron chi connectivity index (χ2n) is 8.41. The Morgan fingerprint density at radius 2 is 1.78 bits per heavy atom. The largest absolute Gasteiger partial charge is 0.479 e. The van der Waals surface area contributed by atoms with Gasteiger partial charge in [-0.25, -0.2) is 9.59 Å². The molecule has 2 aliphatic rings. The van der Waals surface area contributed by atoms with Crippen molar-refractivity contribution in [1.82, 2.24) is 0 Å². The minimum absolute atomic E-state index is 0.281. The molecule has 0 atom stereocenters. The van der Waals surface area contributed by atoms with Crippen LogP contribution in [0.4, 0.5) is 0 Å². The summed E-state index contributed by atoms with van der Waals surface area (Å²) >= 11 is 2.92. The standard InChI is InChI=1S/C25H24O5S2/c1-25(2,3)30-19(26)13-29-21-20-18(32-23(21)24(27)28-4)12-17-11-16(14-31-22(17)20)10-15-8-6-5-7-9-15/h5-9,11-12,14H,10,13H2,1-4H3. The Kier molecular flexibility index (Phi) is 6.22. The van der Waals surface area contributed by atoms with Gasteiger partial charge in [0, 0.05) is 9.58 Å². The molecule has 1 aliphatic heterocycles. The quantitative estimate of drug-likeness (QED) is 0.317. The van der Waals surface area contributed by atoms with E-state index in [0.29, 0.717) is 10.6 Å². The summed E-state index contributed by atoms with van der Waals surface area (Å²) in [4.78, 5) is 25.9. The lowest BCUT2D eigenvalue weighted by Gasteiger charge is -2.19. The molecule has 7 heteroatoms. The van der Waals surface area contributed by atoms with Crippen LogP contribution in [0.25, 0.3) is 20.5 Å². The highest BCUT2D eigenvalue weighted by Gasteiger charge is 2.27. The maximum Gasteiger partial charge on any atom is 0.351 e. The predicted molar refractivity (Wildman–Crippen MR) is 128 cm³/mol. The van der Waals surface area contributed by atoms with Gasteiger partial charge in [-0.05, 0) is 61.4 Å². The van der Waals surface area contributed by atoms with Crippen LogP contribution >= 0.6 is 22.7 Å². The molecule has 5 nitrogen and oxygen atoms in total. The van der Waals surface area contributed by atoms with Crippen molar-refractivity contribution in [2.45, 2.75) is 32.8 Å². The van der Waals surface area contributed by atoms with Gasteiger partial charge in [0.15, 0.2) is 17.2 Å². The van der Waals surface area contributed by atoms with Crippen molar-refractivity contribution >= 4 is 44.7 Å². The second kappa shape index (κ2) is 8.92. The molecular weight excluding hydrogens is 444 g/mol. The molecule has 1 aromatic carbocycles. The van der Waals surface area contributed by atoms with Crippen molar-refractivity contribution in [2.75, 3.05) is 13.7 Å². The molecule has 0 bridgehead atoms. The number of ether oxygens (including phenoxy) is 3. The maximum absolute atomic E-state index is 12.4. The van der Waals surface area contributed by atoms with Crippen molar-refractivity contribution in [2.24, 2.45) is 0 Å². The van der Waals surface area contributed by atoms with Crippen LogP contribution in [-0.2, 0) is 20.7 Å². The SMILES string of the molecule is COC(=O)c1sc2cc3cc(Cc4ccccc4)csc-3c2c1OCC(=O)OC(C)(C)C. The fraction of sp³-hybridized carbons (Fsp3) is 0.280. The number of methoxy groups -OCH3 is 1. The average Bonchev–Trinajstić information content (AvgIpc) is 3.26. The number of hydrogen-bond donors (Lipinski definition) is 0. The van der Waals surface area contributed by atoms with Gasteiger partial charge in [-0.2, -0.15) is 0 Å². The van der Waals surface area contributed by atoms with Gasteiger partial charge in [-0.3, -0.25) is 0 Å². The smallest absolute Gasteiger partial charge is 0.351 e. The van der Waals surface area contributed by atoms with Crippen LogP contribution in [0.2, 0.25) is 0 Å². The van der Waals surface area contributed by atoms with Crippen molar-refractivity contribution < 1.29 is 23.8 Å².